The van der Waals surface area contributed by atoms with Gasteiger partial charge in [-0.3, -0.25) is 5.73 Å². The number of thiazole rings is 1. The van der Waals surface area contributed by atoms with Crippen LogP contribution in [-0.4, -0.2) is 32.5 Å². The summed E-state index contributed by atoms with van der Waals surface area (Å²) in [4.78, 5) is 8.74. The highest BCUT2D eigenvalue weighted by Gasteiger charge is 2.35. The van der Waals surface area contributed by atoms with Crippen molar-refractivity contribution in [1.29, 1.82) is 0 Å². The monoisotopic (exact) mass is 447 g/mol. The second-order valence-electron chi connectivity index (χ2n) is 7.68. The summed E-state index contributed by atoms with van der Waals surface area (Å²) < 4.78 is 12.1. The van der Waals surface area contributed by atoms with Crippen molar-refractivity contribution in [2.24, 2.45) is 11.5 Å². The number of nitrogens with zero attached hydrogens (tertiary/aromatic N) is 3. The summed E-state index contributed by atoms with van der Waals surface area (Å²) in [6.07, 6.45) is -0.881. The van der Waals surface area contributed by atoms with Crippen molar-refractivity contribution in [2.75, 3.05) is 31.1 Å². The maximum absolute atomic E-state index is 6.70. The molecule has 0 radical (unpaired) electrons. The van der Waals surface area contributed by atoms with Gasteiger partial charge >= 0.3 is 0 Å². The van der Waals surface area contributed by atoms with Gasteiger partial charge in [0.15, 0.2) is 17.8 Å². The van der Waals surface area contributed by atoms with E-state index in [4.69, 9.17) is 25.9 Å². The van der Waals surface area contributed by atoms with Gasteiger partial charge < -0.3 is 25.0 Å². The Balaban J connectivity index is 1.50. The maximum Gasteiger partial charge on any atom is 0.162 e. The molecule has 5 rings (SSSR count). The first-order chi connectivity index (χ1) is 15.5. The zero-order valence-corrected chi connectivity index (χ0v) is 19.0. The number of nitrogens with two attached hydrogens (primary N) is 2. The molecule has 32 heavy (non-hydrogen) atoms. The third kappa shape index (κ3) is 3.24. The van der Waals surface area contributed by atoms with E-state index in [1.165, 1.54) is 4.70 Å². The van der Waals surface area contributed by atoms with Crippen LogP contribution in [-0.2, 0) is 0 Å². The summed E-state index contributed by atoms with van der Waals surface area (Å²) in [5.74, 6) is 1.28. The fraction of sp³-hybridized carbons (Fsp3) is 0.208. The van der Waals surface area contributed by atoms with E-state index < -0.39 is 12.5 Å². The van der Waals surface area contributed by atoms with Gasteiger partial charge in [-0.1, -0.05) is 12.1 Å². The first kappa shape index (κ1) is 20.6. The molecule has 8 heteroatoms. The Morgan fingerprint density at radius 3 is 2.31 bits per heavy atom. The van der Waals surface area contributed by atoms with Gasteiger partial charge in [0.2, 0.25) is 0 Å². The smallest absolute Gasteiger partial charge is 0.162 e. The summed E-state index contributed by atoms with van der Waals surface area (Å²) >= 11 is 1.68. The number of benzene rings is 3. The predicted molar refractivity (Wildman–Crippen MR) is 130 cm³/mol. The van der Waals surface area contributed by atoms with Gasteiger partial charge in [-0.2, -0.15) is 0 Å². The summed E-state index contributed by atoms with van der Waals surface area (Å²) in [5.41, 5.74) is 18.2. The molecule has 0 saturated carbocycles. The van der Waals surface area contributed by atoms with Crippen molar-refractivity contribution in [2.45, 2.75) is 12.5 Å². The number of anilines is 2. The number of hydrogen-bond donors (Lipinski definition) is 2. The molecule has 4 N–H and O–H groups in total. The fourth-order valence-corrected chi connectivity index (χ4v) is 5.13. The van der Waals surface area contributed by atoms with Gasteiger partial charge in [-0.25, -0.2) is 4.98 Å². The molecule has 164 valence electrons. The lowest BCUT2D eigenvalue weighted by Gasteiger charge is -2.47. The Kier molecular flexibility index (Phi) is 5.13. The minimum Gasteiger partial charge on any atom is -0.493 e. The van der Waals surface area contributed by atoms with E-state index in [1.54, 1.807) is 25.6 Å². The molecule has 3 aromatic carbocycles. The number of hydrogen-bond acceptors (Lipinski definition) is 8. The molecule has 7 nitrogen and oxygen atoms in total. The minimum atomic E-state index is -0.441. The first-order valence-electron chi connectivity index (χ1n) is 10.3. The van der Waals surface area contributed by atoms with E-state index in [2.05, 4.69) is 18.2 Å². The van der Waals surface area contributed by atoms with E-state index >= 15 is 0 Å². The number of methoxy groups -OCH3 is 2. The van der Waals surface area contributed by atoms with Crippen LogP contribution < -0.4 is 30.7 Å². The van der Waals surface area contributed by atoms with E-state index in [0.29, 0.717) is 11.5 Å². The molecule has 2 unspecified atom stereocenters. The zero-order chi connectivity index (χ0) is 22.4. The number of aromatic nitrogens is 1. The third-order valence-corrected chi connectivity index (χ3v) is 7.00. The molecule has 0 fully saturated rings. The molecule has 0 aliphatic carbocycles. The van der Waals surface area contributed by atoms with E-state index in [9.17, 15) is 0 Å². The van der Waals surface area contributed by atoms with E-state index in [1.807, 2.05) is 59.3 Å². The van der Waals surface area contributed by atoms with Gasteiger partial charge in [0, 0.05) is 35.6 Å². The van der Waals surface area contributed by atoms with Crippen LogP contribution in [0.25, 0.3) is 20.8 Å². The summed E-state index contributed by atoms with van der Waals surface area (Å²) in [7, 11) is 5.18. The minimum absolute atomic E-state index is 0.440. The summed E-state index contributed by atoms with van der Waals surface area (Å²) in [6, 6.07) is 20.2. The molecule has 1 aliphatic heterocycles. The van der Waals surface area contributed by atoms with Crippen molar-refractivity contribution >= 4 is 32.9 Å². The van der Waals surface area contributed by atoms with Gasteiger partial charge in [0.25, 0.3) is 0 Å². The van der Waals surface area contributed by atoms with Gasteiger partial charge in [-0.15, -0.1) is 11.3 Å². The fourth-order valence-electron chi connectivity index (χ4n) is 4.15. The average Bonchev–Trinajstić information content (AvgIpc) is 3.26. The van der Waals surface area contributed by atoms with Crippen LogP contribution in [0.5, 0.6) is 11.5 Å². The van der Waals surface area contributed by atoms with Gasteiger partial charge in [0.1, 0.15) is 11.2 Å². The summed E-state index contributed by atoms with van der Waals surface area (Å²) in [6.45, 7) is 0. The highest BCUT2D eigenvalue weighted by atomic mass is 32.1. The van der Waals surface area contributed by atoms with Crippen LogP contribution in [0.3, 0.4) is 0 Å². The van der Waals surface area contributed by atoms with Gasteiger partial charge in [-0.05, 0) is 42.5 Å². The van der Waals surface area contributed by atoms with Crippen molar-refractivity contribution in [3.05, 3.63) is 66.2 Å². The van der Waals surface area contributed by atoms with Crippen LogP contribution in [0.4, 0.5) is 11.4 Å². The summed E-state index contributed by atoms with van der Waals surface area (Å²) in [5, 5.41) is 0.990. The molecular formula is C24H25N5O2S. The van der Waals surface area contributed by atoms with Crippen molar-refractivity contribution in [1.82, 2.24) is 4.98 Å². The molecule has 2 heterocycles. The van der Waals surface area contributed by atoms with Crippen molar-refractivity contribution < 1.29 is 9.47 Å². The second-order valence-corrected chi connectivity index (χ2v) is 8.71. The Morgan fingerprint density at radius 1 is 0.938 bits per heavy atom. The Morgan fingerprint density at radius 2 is 1.62 bits per heavy atom. The molecule has 1 aliphatic rings. The second kappa shape index (κ2) is 7.98. The standard InChI is InChI=1S/C24H25N5O2S/c1-28-18-13-20(31-3)19(30-2)12-16(18)22(25)29(24(28)26)15-10-8-14(9-11-15)23-27-17-6-4-5-7-21(17)32-23/h4-13,22,24H,25-26H2,1-3H3. The molecule has 2 atom stereocenters. The number of rotatable bonds is 4. The SMILES string of the molecule is COc1cc2c(cc1OC)N(C)C(N)N(c1ccc(-c3nc4ccccc4s3)cc1)C2N. The highest BCUT2D eigenvalue weighted by molar-refractivity contribution is 7.21. The Labute approximate surface area is 190 Å². The van der Waals surface area contributed by atoms with E-state index in [-0.39, 0.29) is 0 Å². The van der Waals surface area contributed by atoms with E-state index in [0.717, 1.165) is 33.0 Å². The van der Waals surface area contributed by atoms with Crippen LogP contribution >= 0.6 is 11.3 Å². The lowest BCUT2D eigenvalue weighted by molar-refractivity contribution is 0.353. The topological polar surface area (TPSA) is 89.9 Å². The molecule has 0 bridgehead atoms. The molecule has 0 amide bonds. The van der Waals surface area contributed by atoms with Crippen LogP contribution in [0.1, 0.15) is 11.7 Å². The molecule has 0 saturated heterocycles. The average molecular weight is 448 g/mol. The van der Waals surface area contributed by atoms with Crippen molar-refractivity contribution in [3.8, 4) is 22.1 Å². The third-order valence-electron chi connectivity index (χ3n) is 5.92. The maximum atomic E-state index is 6.70. The molecule has 1 aromatic heterocycles. The number of fused-ring (bicyclic) bond motifs is 2. The predicted octanol–water partition coefficient (Wildman–Crippen LogP) is 4.14. The van der Waals surface area contributed by atoms with Crippen LogP contribution in [0.2, 0.25) is 0 Å². The number of ether oxygens (including phenoxy) is 2. The lowest BCUT2D eigenvalue weighted by Crippen LogP contribution is -2.59. The van der Waals surface area contributed by atoms with Crippen LogP contribution in [0.15, 0.2) is 60.7 Å². The quantitative estimate of drug-likeness (QED) is 0.486. The Hall–Kier alpha value is -3.33. The van der Waals surface area contributed by atoms with Gasteiger partial charge in [0.05, 0.1) is 24.4 Å². The van der Waals surface area contributed by atoms with Crippen molar-refractivity contribution in [3.63, 3.8) is 0 Å². The normalized spacial score (nSPS) is 18.0. The van der Waals surface area contributed by atoms with Crippen LogP contribution in [0, 0.1) is 0 Å². The Bertz CT molecular complexity index is 1240. The highest BCUT2D eigenvalue weighted by Crippen LogP contribution is 2.43. The lowest BCUT2D eigenvalue weighted by atomic mass is 10.0. The molecule has 0 spiro atoms. The molecular weight excluding hydrogens is 422 g/mol. The zero-order valence-electron chi connectivity index (χ0n) is 18.1. The molecule has 4 aromatic rings. The largest absolute Gasteiger partial charge is 0.493 e. The number of para-hydroxylation sites is 1. The first-order valence-corrected chi connectivity index (χ1v) is 11.1.